The number of alkyl carbamates (subject to hydrolysis) is 1. The topological polar surface area (TPSA) is 186 Å². The van der Waals surface area contributed by atoms with Gasteiger partial charge in [0.25, 0.3) is 5.91 Å². The molecule has 1 saturated heterocycles. The van der Waals surface area contributed by atoms with Crippen LogP contribution in [0.2, 0.25) is 0 Å². The third kappa shape index (κ3) is 8.11. The Balaban J connectivity index is 1.25. The van der Waals surface area contributed by atoms with Crippen LogP contribution in [0.3, 0.4) is 0 Å². The lowest BCUT2D eigenvalue weighted by Gasteiger charge is -2.31. The Morgan fingerprint density at radius 1 is 1.05 bits per heavy atom. The summed E-state index contributed by atoms with van der Waals surface area (Å²) in [4.78, 5) is 65.7. The van der Waals surface area contributed by atoms with Crippen LogP contribution in [0.4, 0.5) is 13.6 Å². The van der Waals surface area contributed by atoms with E-state index in [4.69, 9.17) is 19.4 Å². The molecule has 0 radical (unpaired) electrons. The summed E-state index contributed by atoms with van der Waals surface area (Å²) in [7, 11) is -4.13. The smallest absolute Gasteiger partial charge is 0.407 e. The number of rotatable bonds is 8. The van der Waals surface area contributed by atoms with Crippen LogP contribution in [0.5, 0.6) is 5.88 Å². The van der Waals surface area contributed by atoms with Gasteiger partial charge >= 0.3 is 6.09 Å². The first kappa shape index (κ1) is 38.1. The molecule has 5 bridgehead atoms. The number of ether oxygens (including phenoxy) is 2. The van der Waals surface area contributed by atoms with Crippen LogP contribution in [0.15, 0.2) is 54.6 Å². The van der Waals surface area contributed by atoms with Crippen LogP contribution in [-0.4, -0.2) is 95.7 Å². The van der Waals surface area contributed by atoms with Crippen molar-refractivity contribution >= 4 is 50.9 Å². The van der Waals surface area contributed by atoms with Gasteiger partial charge in [0.05, 0.1) is 35.4 Å². The lowest BCUT2D eigenvalue weighted by molar-refractivity contribution is -0.142. The molecule has 55 heavy (non-hydrogen) atoms. The maximum atomic E-state index is 14.3. The van der Waals surface area contributed by atoms with E-state index in [2.05, 4.69) is 10.6 Å². The third-order valence-electron chi connectivity index (χ3n) is 10.4. The molecule has 1 aromatic heterocycles. The zero-order chi connectivity index (χ0) is 39.1. The molecule has 2 saturated carbocycles. The number of benzene rings is 2. The average molecular weight is 781 g/mol. The minimum atomic E-state index is -4.13. The summed E-state index contributed by atoms with van der Waals surface area (Å²) in [6.07, 6.45) is 0.153. The Labute approximate surface area is 316 Å². The monoisotopic (exact) mass is 780 g/mol. The summed E-state index contributed by atoms with van der Waals surface area (Å²) in [5, 5.41) is 4.21. The first-order valence-corrected chi connectivity index (χ1v) is 19.9. The van der Waals surface area contributed by atoms with Gasteiger partial charge < -0.3 is 25.0 Å². The second-order valence-corrected chi connectivity index (χ2v) is 16.8. The first-order chi connectivity index (χ1) is 26.3. The minimum absolute atomic E-state index is 0.0700. The van der Waals surface area contributed by atoms with E-state index < -0.39 is 87.5 Å². The van der Waals surface area contributed by atoms with E-state index in [1.807, 2.05) is 65.4 Å². The van der Waals surface area contributed by atoms with Crippen LogP contribution < -0.4 is 20.1 Å². The summed E-state index contributed by atoms with van der Waals surface area (Å²) in [6.45, 7) is 3.27. The van der Waals surface area contributed by atoms with E-state index >= 15 is 0 Å². The van der Waals surface area contributed by atoms with Gasteiger partial charge in [-0.05, 0) is 55.7 Å². The van der Waals surface area contributed by atoms with Crippen LogP contribution in [0.1, 0.15) is 57.9 Å². The van der Waals surface area contributed by atoms with Gasteiger partial charge in [-0.3, -0.25) is 19.1 Å². The Morgan fingerprint density at radius 3 is 2.51 bits per heavy atom. The van der Waals surface area contributed by atoms with Crippen LogP contribution in [-0.2, 0) is 29.1 Å². The van der Waals surface area contributed by atoms with Crippen LogP contribution in [0, 0.1) is 11.8 Å². The highest BCUT2D eigenvalue weighted by Crippen LogP contribution is 2.48. The molecule has 4 amide bonds. The van der Waals surface area contributed by atoms with Gasteiger partial charge in [0.15, 0.2) is 0 Å². The summed E-state index contributed by atoms with van der Waals surface area (Å²) in [6, 6.07) is 12.2. The SMILES string of the molecule is CC(C)[C@@H]1NC(=O)OCCC/C=C/c2ccc3nc(-c4ccccc4)c(nc3c2)O[C@@H]2C[C@@H](C(=O)N[C@@]3(C(=O)NS(=O)(=O)C4CC4)C[C@H]3C(F)F)N(C2)C1=O. The Hall–Kier alpha value is -5.19. The molecular formula is C38H42F2N6O8S. The number of nitrogens with one attached hydrogen (secondary N) is 3. The summed E-state index contributed by atoms with van der Waals surface area (Å²) in [5.74, 6) is -4.91. The number of carbonyl (C=O) groups is 4. The van der Waals surface area contributed by atoms with Crippen molar-refractivity contribution in [3.05, 3.63) is 60.2 Å². The highest BCUT2D eigenvalue weighted by molar-refractivity contribution is 7.91. The van der Waals surface area contributed by atoms with Crippen LogP contribution >= 0.6 is 0 Å². The summed E-state index contributed by atoms with van der Waals surface area (Å²) in [5.41, 5.74) is 0.838. The van der Waals surface area contributed by atoms with Crippen molar-refractivity contribution in [2.24, 2.45) is 11.8 Å². The number of hydrogen-bond donors (Lipinski definition) is 3. The molecule has 2 aliphatic heterocycles. The number of nitrogens with zero attached hydrogens (tertiary/aromatic N) is 3. The molecule has 17 heteroatoms. The van der Waals surface area contributed by atoms with Gasteiger partial charge in [-0.15, -0.1) is 0 Å². The standard InChI is InChI=1S/C38H42F2N6O8S/c1-21(2)30-35(48)46-20-24(18-29(46)33(47)44-38(19-26(38)32(39)40)36(49)45-55(51,52)25-13-14-25)54-34-31(23-10-6-3-7-11-23)41-27-15-12-22(17-28(27)42-34)9-5-4-8-16-53-37(50)43-30/h3,5-7,9-12,15,17,21,24-26,29-30,32H,4,8,13-14,16,18-20H2,1-2H3,(H,43,50)(H,44,47)(H,45,49)/b9-5+/t24-,26+,29+,30+,38+/m1/s1. The molecule has 2 aromatic carbocycles. The fraction of sp³-hybridized carbons (Fsp3) is 0.474. The van der Waals surface area contributed by atoms with E-state index in [1.165, 1.54) is 4.90 Å². The number of fused-ring (bicyclic) bond motifs is 4. The van der Waals surface area contributed by atoms with Crippen molar-refractivity contribution in [1.29, 1.82) is 0 Å². The number of carbonyl (C=O) groups excluding carboxylic acids is 4. The third-order valence-corrected chi connectivity index (χ3v) is 12.2. The van der Waals surface area contributed by atoms with Crippen molar-refractivity contribution in [2.75, 3.05) is 13.2 Å². The van der Waals surface area contributed by atoms with Gasteiger partial charge in [0.1, 0.15) is 29.4 Å². The van der Waals surface area contributed by atoms with Crippen molar-refractivity contribution in [3.63, 3.8) is 0 Å². The minimum Gasteiger partial charge on any atom is -0.471 e. The molecule has 7 rings (SSSR count). The van der Waals surface area contributed by atoms with Crippen LogP contribution in [0.25, 0.3) is 28.4 Å². The van der Waals surface area contributed by atoms with Crippen molar-refractivity contribution in [3.8, 4) is 17.1 Å². The Bertz CT molecular complexity index is 2130. The lowest BCUT2D eigenvalue weighted by Crippen LogP contribution is -2.59. The predicted octanol–water partition coefficient (Wildman–Crippen LogP) is 3.95. The number of halogens is 2. The Kier molecular flexibility index (Phi) is 10.5. The number of hydrogen-bond acceptors (Lipinski definition) is 10. The number of alkyl halides is 2. The van der Waals surface area contributed by atoms with E-state index in [0.717, 1.165) is 5.56 Å². The predicted molar refractivity (Wildman–Crippen MR) is 196 cm³/mol. The molecule has 3 fully saturated rings. The quantitative estimate of drug-likeness (QED) is 0.302. The van der Waals surface area contributed by atoms with E-state index in [-0.39, 0.29) is 25.5 Å². The molecular weight excluding hydrogens is 739 g/mol. The molecule has 292 valence electrons. The summed E-state index contributed by atoms with van der Waals surface area (Å²) >= 11 is 0. The molecule has 2 aliphatic carbocycles. The molecule has 0 spiro atoms. The highest BCUT2D eigenvalue weighted by atomic mass is 32.2. The van der Waals surface area contributed by atoms with E-state index in [1.54, 1.807) is 13.8 Å². The second-order valence-electron chi connectivity index (χ2n) is 14.8. The van der Waals surface area contributed by atoms with Crippen molar-refractivity contribution < 1.29 is 45.9 Å². The van der Waals surface area contributed by atoms with Gasteiger partial charge in [-0.1, -0.05) is 62.4 Å². The number of aromatic nitrogens is 2. The molecule has 3 heterocycles. The molecule has 3 aromatic rings. The van der Waals surface area contributed by atoms with Gasteiger partial charge in [-0.2, -0.15) is 0 Å². The van der Waals surface area contributed by atoms with Gasteiger partial charge in [0, 0.05) is 12.0 Å². The van der Waals surface area contributed by atoms with Gasteiger partial charge in [0.2, 0.25) is 34.1 Å². The van der Waals surface area contributed by atoms with Crippen molar-refractivity contribution in [1.82, 2.24) is 30.2 Å². The number of cyclic esters (lactones) is 1. The second kappa shape index (κ2) is 15.2. The lowest BCUT2D eigenvalue weighted by atomic mass is 10.0. The normalized spacial score (nSPS) is 26.5. The maximum absolute atomic E-state index is 14.3. The molecule has 4 aliphatic rings. The zero-order valence-corrected chi connectivity index (χ0v) is 31.1. The number of sulfonamides is 1. The molecule has 0 unspecified atom stereocenters. The maximum Gasteiger partial charge on any atom is 0.407 e. The fourth-order valence-electron chi connectivity index (χ4n) is 7.04. The highest BCUT2D eigenvalue weighted by Gasteiger charge is 2.66. The number of allylic oxidation sites excluding steroid dienone is 1. The zero-order valence-electron chi connectivity index (χ0n) is 30.2. The van der Waals surface area contributed by atoms with Crippen molar-refractivity contribution in [2.45, 2.75) is 87.8 Å². The summed E-state index contributed by atoms with van der Waals surface area (Å²) < 4.78 is 67.3. The average Bonchev–Trinajstić information content (AvgIpc) is 4.08. The van der Waals surface area contributed by atoms with E-state index in [0.29, 0.717) is 48.0 Å². The largest absolute Gasteiger partial charge is 0.471 e. The number of amides is 4. The fourth-order valence-corrected chi connectivity index (χ4v) is 8.41. The Morgan fingerprint density at radius 2 is 1.82 bits per heavy atom. The van der Waals surface area contributed by atoms with Gasteiger partial charge in [-0.25, -0.2) is 32.0 Å². The molecule has 5 atom stereocenters. The van der Waals surface area contributed by atoms with E-state index in [9.17, 15) is 36.4 Å². The molecule has 14 nitrogen and oxygen atoms in total. The molecule has 3 N–H and O–H groups in total. The first-order valence-electron chi connectivity index (χ1n) is 18.4.